The number of hydrogen-bond acceptors (Lipinski definition) is 2. The van der Waals surface area contributed by atoms with Gasteiger partial charge >= 0.3 is 0 Å². The molecule has 4 heteroatoms. The molecule has 0 unspecified atom stereocenters. The fourth-order valence-electron chi connectivity index (χ4n) is 3.32. The molecule has 0 saturated carbocycles. The van der Waals surface area contributed by atoms with Gasteiger partial charge in [0.15, 0.2) is 19.5 Å². The van der Waals surface area contributed by atoms with E-state index in [1.807, 2.05) is 0 Å². The quantitative estimate of drug-likeness (QED) is 0.219. The molecular formula is C20H46O2Si2. The van der Waals surface area contributed by atoms with Crippen LogP contribution in [0.25, 0.3) is 0 Å². The first kappa shape index (κ1) is 24.4. The van der Waals surface area contributed by atoms with Crippen molar-refractivity contribution in [3.05, 3.63) is 0 Å². The lowest BCUT2D eigenvalue weighted by molar-refractivity contribution is 0.186. The lowest BCUT2D eigenvalue weighted by Crippen LogP contribution is -2.15. The molecule has 0 radical (unpaired) electrons. The molecule has 0 N–H and O–H groups in total. The Kier molecular flexibility index (Phi) is 20.0. The van der Waals surface area contributed by atoms with Crippen LogP contribution in [0.2, 0.25) is 12.1 Å². The average molecular weight is 375 g/mol. The Labute approximate surface area is 157 Å². The van der Waals surface area contributed by atoms with Crippen molar-refractivity contribution in [3.63, 3.8) is 0 Å². The Morgan fingerprint density at radius 2 is 0.875 bits per heavy atom. The van der Waals surface area contributed by atoms with Gasteiger partial charge in [-0.05, 0) is 37.8 Å². The highest BCUT2D eigenvalue weighted by atomic mass is 28.2. The number of hydrogen-bond donors (Lipinski definition) is 0. The molecule has 0 aromatic rings. The lowest BCUT2D eigenvalue weighted by Gasteiger charge is -2.17. The highest BCUT2D eigenvalue weighted by molar-refractivity contribution is 6.27. The molecule has 146 valence electrons. The summed E-state index contributed by atoms with van der Waals surface area (Å²) >= 11 is 0. The van der Waals surface area contributed by atoms with Crippen LogP contribution in [-0.4, -0.2) is 31.7 Å². The van der Waals surface area contributed by atoms with Crippen molar-refractivity contribution in [1.29, 1.82) is 0 Å². The van der Waals surface area contributed by atoms with Gasteiger partial charge in [0.2, 0.25) is 0 Å². The van der Waals surface area contributed by atoms with Crippen LogP contribution < -0.4 is 0 Å². The Bertz CT molecular complexity index is 204. The van der Waals surface area contributed by atoms with Crippen LogP contribution in [0.1, 0.15) is 105 Å². The molecule has 0 aromatic carbocycles. The van der Waals surface area contributed by atoms with E-state index in [0.29, 0.717) is 12.2 Å². The van der Waals surface area contributed by atoms with E-state index in [4.69, 9.17) is 8.85 Å². The third kappa shape index (κ3) is 15.9. The molecule has 0 amide bonds. The maximum absolute atomic E-state index is 6.17. The standard InChI is InChI=1S/C20H46O2Si2/c1-5-13-19(14-6-2)21-23-17-11-9-10-12-18-24-22-20(15-7-3)16-8-4/h19-20H,5-18,23-24H2,1-4H3. The summed E-state index contributed by atoms with van der Waals surface area (Å²) in [4.78, 5) is 0. The Morgan fingerprint density at radius 3 is 1.17 bits per heavy atom. The molecule has 0 fully saturated rings. The zero-order valence-electron chi connectivity index (χ0n) is 17.3. The van der Waals surface area contributed by atoms with Gasteiger partial charge in [-0.25, -0.2) is 0 Å². The summed E-state index contributed by atoms with van der Waals surface area (Å²) in [6.07, 6.45) is 16.9. The number of rotatable bonds is 19. The van der Waals surface area contributed by atoms with Gasteiger partial charge in [-0.3, -0.25) is 0 Å². The summed E-state index contributed by atoms with van der Waals surface area (Å²) in [7, 11) is -0.519. The van der Waals surface area contributed by atoms with Gasteiger partial charge in [-0.15, -0.1) is 0 Å². The van der Waals surface area contributed by atoms with Crippen molar-refractivity contribution >= 4 is 19.5 Å². The highest BCUT2D eigenvalue weighted by Gasteiger charge is 2.07. The maximum atomic E-state index is 6.17. The summed E-state index contributed by atoms with van der Waals surface area (Å²) in [6, 6.07) is 2.76. The van der Waals surface area contributed by atoms with Crippen LogP contribution in [0, 0.1) is 0 Å². The van der Waals surface area contributed by atoms with Crippen molar-refractivity contribution < 1.29 is 8.85 Å². The molecule has 0 rings (SSSR count). The summed E-state index contributed by atoms with van der Waals surface area (Å²) in [5, 5.41) is 0. The van der Waals surface area contributed by atoms with E-state index < -0.39 is 0 Å². The Morgan fingerprint density at radius 1 is 0.542 bits per heavy atom. The van der Waals surface area contributed by atoms with E-state index in [1.54, 1.807) is 0 Å². The lowest BCUT2D eigenvalue weighted by atomic mass is 10.1. The third-order valence-electron chi connectivity index (χ3n) is 4.69. The van der Waals surface area contributed by atoms with Crippen molar-refractivity contribution in [2.75, 3.05) is 0 Å². The normalized spacial score (nSPS) is 12.8. The van der Waals surface area contributed by atoms with Crippen LogP contribution in [0.15, 0.2) is 0 Å². The second-order valence-electron chi connectivity index (χ2n) is 7.26. The third-order valence-corrected chi connectivity index (χ3v) is 7.68. The zero-order valence-corrected chi connectivity index (χ0v) is 20.1. The van der Waals surface area contributed by atoms with E-state index in [1.165, 1.54) is 89.1 Å². The van der Waals surface area contributed by atoms with Crippen LogP contribution in [0.4, 0.5) is 0 Å². The molecule has 0 atom stereocenters. The van der Waals surface area contributed by atoms with Gasteiger partial charge in [0.1, 0.15) is 0 Å². The fourth-order valence-corrected chi connectivity index (χ4v) is 6.10. The molecule has 0 aliphatic carbocycles. The average Bonchev–Trinajstić information content (AvgIpc) is 2.57. The van der Waals surface area contributed by atoms with Gasteiger partial charge in [0.05, 0.1) is 0 Å². The minimum Gasteiger partial charge on any atom is -0.421 e. The first-order valence-electron chi connectivity index (χ1n) is 11.0. The van der Waals surface area contributed by atoms with Gasteiger partial charge in [0.25, 0.3) is 0 Å². The predicted octanol–water partition coefficient (Wildman–Crippen LogP) is 5.52. The molecular weight excluding hydrogens is 328 g/mol. The minimum absolute atomic E-state index is 0.259. The number of unbranched alkanes of at least 4 members (excludes halogenated alkanes) is 3. The molecule has 0 spiro atoms. The topological polar surface area (TPSA) is 18.5 Å². The summed E-state index contributed by atoms with van der Waals surface area (Å²) < 4.78 is 12.3. The van der Waals surface area contributed by atoms with E-state index in [-0.39, 0.29) is 19.5 Å². The maximum Gasteiger partial charge on any atom is 0.161 e. The van der Waals surface area contributed by atoms with Crippen molar-refractivity contribution in [3.8, 4) is 0 Å². The molecule has 0 saturated heterocycles. The van der Waals surface area contributed by atoms with Crippen LogP contribution in [0.3, 0.4) is 0 Å². The second kappa shape index (κ2) is 19.7. The van der Waals surface area contributed by atoms with Crippen molar-refractivity contribution in [1.82, 2.24) is 0 Å². The molecule has 2 nitrogen and oxygen atoms in total. The first-order chi connectivity index (χ1) is 11.8. The van der Waals surface area contributed by atoms with Crippen LogP contribution in [0.5, 0.6) is 0 Å². The van der Waals surface area contributed by atoms with Crippen molar-refractivity contribution in [2.24, 2.45) is 0 Å². The predicted molar refractivity (Wildman–Crippen MR) is 115 cm³/mol. The Hall–Kier alpha value is 0.354. The zero-order chi connectivity index (χ0) is 17.9. The monoisotopic (exact) mass is 374 g/mol. The van der Waals surface area contributed by atoms with Gasteiger partial charge in [0, 0.05) is 12.2 Å². The second-order valence-corrected chi connectivity index (χ2v) is 10.2. The van der Waals surface area contributed by atoms with E-state index in [9.17, 15) is 0 Å². The Balaban J connectivity index is 3.38. The molecule has 0 bridgehead atoms. The molecule has 24 heavy (non-hydrogen) atoms. The van der Waals surface area contributed by atoms with E-state index in [0.717, 1.165) is 0 Å². The highest BCUT2D eigenvalue weighted by Crippen LogP contribution is 2.12. The van der Waals surface area contributed by atoms with Gasteiger partial charge in [-0.1, -0.05) is 79.1 Å². The summed E-state index contributed by atoms with van der Waals surface area (Å²) in [5.74, 6) is 0. The molecule has 0 aromatic heterocycles. The smallest absolute Gasteiger partial charge is 0.161 e. The SMILES string of the molecule is CCCC(CCC)O[SiH2]CCCCCC[SiH2]OC(CCC)CCC. The van der Waals surface area contributed by atoms with E-state index in [2.05, 4.69) is 27.7 Å². The summed E-state index contributed by atoms with van der Waals surface area (Å²) in [5.41, 5.74) is 0. The molecule has 0 heterocycles. The minimum atomic E-state index is -0.259. The fraction of sp³-hybridized carbons (Fsp3) is 1.00. The van der Waals surface area contributed by atoms with Crippen molar-refractivity contribution in [2.45, 2.75) is 129 Å². The molecule has 0 aliphatic heterocycles. The van der Waals surface area contributed by atoms with Crippen LogP contribution in [-0.2, 0) is 8.85 Å². The first-order valence-corrected chi connectivity index (χ1v) is 14.2. The largest absolute Gasteiger partial charge is 0.421 e. The van der Waals surface area contributed by atoms with Gasteiger partial charge < -0.3 is 8.85 Å². The summed E-state index contributed by atoms with van der Waals surface area (Å²) in [6.45, 7) is 9.08. The van der Waals surface area contributed by atoms with Crippen LogP contribution >= 0.6 is 0 Å². The molecule has 0 aliphatic rings. The van der Waals surface area contributed by atoms with Gasteiger partial charge in [-0.2, -0.15) is 0 Å². The van der Waals surface area contributed by atoms with E-state index >= 15 is 0 Å².